The summed E-state index contributed by atoms with van der Waals surface area (Å²) < 4.78 is 5.38. The molecule has 1 aliphatic heterocycles. The average molecular weight is 259 g/mol. The fourth-order valence-electron chi connectivity index (χ4n) is 2.09. The van der Waals surface area contributed by atoms with E-state index in [0.29, 0.717) is 29.1 Å². The molecule has 1 aromatic carbocycles. The summed E-state index contributed by atoms with van der Waals surface area (Å²) in [4.78, 5) is 12.3. The molecule has 2 rings (SSSR count). The van der Waals surface area contributed by atoms with Crippen LogP contribution in [0.5, 0.6) is 0 Å². The highest BCUT2D eigenvalue weighted by molar-refractivity contribution is 6.04. The second-order valence-corrected chi connectivity index (χ2v) is 4.46. The molecular weight excluding hydrogens is 242 g/mol. The molecule has 1 heterocycles. The molecule has 0 bridgehead atoms. The Morgan fingerprint density at radius 1 is 1.47 bits per heavy atom. The first-order chi connectivity index (χ1) is 9.13. The third kappa shape index (κ3) is 2.82. The fraction of sp³-hybridized carbons (Fsp3) is 0.286. The summed E-state index contributed by atoms with van der Waals surface area (Å²) in [6, 6.07) is 5.05. The van der Waals surface area contributed by atoms with Crippen molar-refractivity contribution in [2.45, 2.75) is 18.9 Å². The van der Waals surface area contributed by atoms with Gasteiger partial charge in [-0.2, -0.15) is 0 Å². The van der Waals surface area contributed by atoms with E-state index in [1.54, 1.807) is 18.2 Å². The molecule has 100 valence electrons. The minimum absolute atomic E-state index is 0.0977. The number of anilines is 1. The summed E-state index contributed by atoms with van der Waals surface area (Å²) in [7, 11) is 0. The Balaban J connectivity index is 2.33. The summed E-state index contributed by atoms with van der Waals surface area (Å²) in [5, 5.41) is 7.01. The lowest BCUT2D eigenvalue weighted by atomic mass is 9.99. The van der Waals surface area contributed by atoms with Crippen molar-refractivity contribution in [3.8, 4) is 0 Å². The van der Waals surface area contributed by atoms with Crippen LogP contribution >= 0.6 is 0 Å². The van der Waals surface area contributed by atoms with Gasteiger partial charge in [0.15, 0.2) is 5.78 Å². The number of nitrogens with one attached hydrogen (secondary N) is 1. The van der Waals surface area contributed by atoms with E-state index in [-0.39, 0.29) is 5.78 Å². The zero-order valence-electron chi connectivity index (χ0n) is 10.6. The number of allylic oxidation sites excluding steroid dienone is 1. The maximum atomic E-state index is 12.3. The lowest BCUT2D eigenvalue weighted by Gasteiger charge is -2.12. The average Bonchev–Trinajstić information content (AvgIpc) is 2.92. The third-order valence-corrected chi connectivity index (χ3v) is 3.14. The molecule has 1 fully saturated rings. The van der Waals surface area contributed by atoms with Gasteiger partial charge in [0, 0.05) is 29.8 Å². The molecule has 0 radical (unpaired) electrons. The highest BCUT2D eigenvalue weighted by Crippen LogP contribution is 2.23. The topological polar surface area (TPSA) is 102 Å². The summed E-state index contributed by atoms with van der Waals surface area (Å²) in [5.74, 6) is -0.0977. The van der Waals surface area contributed by atoms with E-state index < -0.39 is 6.10 Å². The second kappa shape index (κ2) is 5.67. The van der Waals surface area contributed by atoms with E-state index in [2.05, 4.69) is 0 Å². The summed E-state index contributed by atoms with van der Waals surface area (Å²) in [6.45, 7) is 0.617. The van der Waals surface area contributed by atoms with Crippen LogP contribution in [0.15, 0.2) is 24.3 Å². The molecule has 0 aromatic heterocycles. The summed E-state index contributed by atoms with van der Waals surface area (Å²) in [6.07, 6.45) is 3.80. The minimum atomic E-state index is -0.398. The van der Waals surface area contributed by atoms with Crippen molar-refractivity contribution in [3.63, 3.8) is 0 Å². The van der Waals surface area contributed by atoms with Crippen LogP contribution < -0.4 is 11.5 Å². The molecule has 5 nitrogen and oxygen atoms in total. The van der Waals surface area contributed by atoms with Gasteiger partial charge in [-0.3, -0.25) is 4.79 Å². The third-order valence-electron chi connectivity index (χ3n) is 3.14. The van der Waals surface area contributed by atoms with E-state index in [1.807, 2.05) is 0 Å². The van der Waals surface area contributed by atoms with Gasteiger partial charge in [-0.15, -0.1) is 0 Å². The predicted molar refractivity (Wildman–Crippen MR) is 75.1 cm³/mol. The first-order valence-corrected chi connectivity index (χ1v) is 6.15. The minimum Gasteiger partial charge on any atom is -0.398 e. The first-order valence-electron chi connectivity index (χ1n) is 6.15. The van der Waals surface area contributed by atoms with Gasteiger partial charge in [0.05, 0.1) is 0 Å². The number of ketones is 1. The van der Waals surface area contributed by atoms with Gasteiger partial charge in [-0.25, -0.2) is 0 Å². The van der Waals surface area contributed by atoms with Crippen LogP contribution in [0, 0.1) is 5.41 Å². The number of nitrogen functional groups attached to an aromatic ring is 1. The number of rotatable bonds is 4. The lowest BCUT2D eigenvalue weighted by molar-refractivity contribution is 0.0644. The Morgan fingerprint density at radius 3 is 2.89 bits per heavy atom. The Hall–Kier alpha value is -2.14. The van der Waals surface area contributed by atoms with Gasteiger partial charge >= 0.3 is 0 Å². The molecule has 19 heavy (non-hydrogen) atoms. The van der Waals surface area contributed by atoms with Crippen LogP contribution in [0.1, 0.15) is 28.8 Å². The van der Waals surface area contributed by atoms with Crippen molar-refractivity contribution in [1.29, 1.82) is 5.41 Å². The number of nitrogens with two attached hydrogens (primary N) is 2. The highest BCUT2D eigenvalue weighted by atomic mass is 16.5. The van der Waals surface area contributed by atoms with Crippen LogP contribution in [0.25, 0.3) is 5.70 Å². The molecule has 1 saturated heterocycles. The van der Waals surface area contributed by atoms with Crippen molar-refractivity contribution in [3.05, 3.63) is 35.4 Å². The summed E-state index contributed by atoms with van der Waals surface area (Å²) >= 11 is 0. The van der Waals surface area contributed by atoms with E-state index in [0.717, 1.165) is 19.1 Å². The largest absolute Gasteiger partial charge is 0.398 e. The maximum Gasteiger partial charge on any atom is 0.193 e. The molecule has 5 N–H and O–H groups in total. The molecule has 0 spiro atoms. The molecular formula is C14H17N3O2. The van der Waals surface area contributed by atoms with E-state index in [1.165, 1.54) is 6.08 Å². The van der Waals surface area contributed by atoms with E-state index in [9.17, 15) is 4.79 Å². The van der Waals surface area contributed by atoms with Crippen LogP contribution in [0.4, 0.5) is 5.69 Å². The van der Waals surface area contributed by atoms with Gasteiger partial charge in [0.1, 0.15) is 6.10 Å². The van der Waals surface area contributed by atoms with Gasteiger partial charge in [-0.05, 0) is 36.6 Å². The molecule has 0 saturated carbocycles. The Bertz CT molecular complexity index is 531. The van der Waals surface area contributed by atoms with Gasteiger partial charge in [0.2, 0.25) is 0 Å². The lowest BCUT2D eigenvalue weighted by Crippen LogP contribution is -2.21. The van der Waals surface area contributed by atoms with Crippen molar-refractivity contribution < 1.29 is 9.53 Å². The van der Waals surface area contributed by atoms with Crippen molar-refractivity contribution >= 4 is 23.4 Å². The zero-order valence-corrected chi connectivity index (χ0v) is 10.6. The molecule has 1 aromatic rings. The predicted octanol–water partition coefficient (Wildman–Crippen LogP) is 1.58. The van der Waals surface area contributed by atoms with Gasteiger partial charge in [0.25, 0.3) is 0 Å². The van der Waals surface area contributed by atoms with Crippen LogP contribution in [0.2, 0.25) is 0 Å². The van der Waals surface area contributed by atoms with Gasteiger partial charge in [-0.1, -0.05) is 6.07 Å². The molecule has 1 atom stereocenters. The quantitative estimate of drug-likeness (QED) is 0.434. The Labute approximate surface area is 111 Å². The number of hydrogen-bond donors (Lipinski definition) is 3. The molecule has 5 heteroatoms. The van der Waals surface area contributed by atoms with Crippen molar-refractivity contribution in [2.24, 2.45) is 5.73 Å². The van der Waals surface area contributed by atoms with Gasteiger partial charge < -0.3 is 21.6 Å². The molecule has 0 amide bonds. The van der Waals surface area contributed by atoms with Crippen LogP contribution in [-0.4, -0.2) is 24.7 Å². The number of ether oxygens (including phenoxy) is 1. The van der Waals surface area contributed by atoms with E-state index in [4.69, 9.17) is 21.6 Å². The number of benzene rings is 1. The van der Waals surface area contributed by atoms with Crippen LogP contribution in [-0.2, 0) is 4.74 Å². The molecule has 1 unspecified atom stereocenters. The summed E-state index contributed by atoms with van der Waals surface area (Å²) in [5.41, 5.74) is 13.6. The zero-order chi connectivity index (χ0) is 13.8. The van der Waals surface area contributed by atoms with Crippen molar-refractivity contribution in [1.82, 2.24) is 0 Å². The van der Waals surface area contributed by atoms with E-state index >= 15 is 0 Å². The number of carbonyl (C=O) groups is 1. The first kappa shape index (κ1) is 13.3. The monoisotopic (exact) mass is 259 g/mol. The molecule has 1 aliphatic rings. The van der Waals surface area contributed by atoms with Crippen LogP contribution in [0.3, 0.4) is 0 Å². The normalized spacial score (nSPS) is 19.4. The standard InChI is InChI=1S/C14H17N3O2/c15-6-5-11(16)9-3-4-12(17)10(8-9)14(18)13-2-1-7-19-13/h3-6,8,13,15H,1-2,7,16-17H2. The Kier molecular flexibility index (Phi) is 3.97. The molecule has 0 aliphatic carbocycles. The SMILES string of the molecule is N=CC=C(N)c1ccc(N)c(C(=O)C2CCCO2)c1. The fourth-order valence-corrected chi connectivity index (χ4v) is 2.09. The second-order valence-electron chi connectivity index (χ2n) is 4.46. The Morgan fingerprint density at radius 2 is 2.26 bits per heavy atom. The number of Topliss-reactive ketones (excluding diaryl/α,β-unsaturated/α-hetero) is 1. The number of carbonyl (C=O) groups excluding carboxylic acids is 1. The van der Waals surface area contributed by atoms with Crippen molar-refractivity contribution in [2.75, 3.05) is 12.3 Å². The smallest absolute Gasteiger partial charge is 0.193 e. The maximum absolute atomic E-state index is 12.3. The highest BCUT2D eigenvalue weighted by Gasteiger charge is 2.26. The number of hydrogen-bond acceptors (Lipinski definition) is 5.